The number of anilines is 1. The molecule has 0 saturated carbocycles. The number of hydrogen-bond donors (Lipinski definition) is 1. The molecule has 0 fully saturated rings. The van der Waals surface area contributed by atoms with Crippen LogP contribution >= 0.6 is 35.4 Å². The van der Waals surface area contributed by atoms with Gasteiger partial charge in [-0.05, 0) is 79.7 Å². The summed E-state index contributed by atoms with van der Waals surface area (Å²) in [5.41, 5.74) is 2.07. The fourth-order valence-electron chi connectivity index (χ4n) is 3.34. The van der Waals surface area contributed by atoms with Crippen LogP contribution in [0.4, 0.5) is 5.69 Å². The first-order valence-electron chi connectivity index (χ1n) is 11.7. The van der Waals surface area contributed by atoms with Gasteiger partial charge in [-0.3, -0.25) is 10.1 Å². The van der Waals surface area contributed by atoms with Gasteiger partial charge in [-0.1, -0.05) is 49.2 Å². The summed E-state index contributed by atoms with van der Waals surface area (Å²) in [5, 5.41) is 3.85. The maximum absolute atomic E-state index is 13.1. The zero-order valence-electron chi connectivity index (χ0n) is 20.8. The number of carbonyl (C=O) groups excluding carboxylic acids is 2. The number of esters is 1. The van der Waals surface area contributed by atoms with Crippen molar-refractivity contribution in [2.24, 2.45) is 5.92 Å². The Bertz CT molecular complexity index is 1250. The number of nitrogens with zero attached hydrogens (tertiary/aromatic N) is 1. The van der Waals surface area contributed by atoms with Crippen LogP contribution in [0.25, 0.3) is 0 Å². The number of halogens is 2. The van der Waals surface area contributed by atoms with Gasteiger partial charge in [-0.15, -0.1) is 0 Å². The van der Waals surface area contributed by atoms with Crippen molar-refractivity contribution in [1.29, 1.82) is 0 Å². The van der Waals surface area contributed by atoms with Gasteiger partial charge in [0.1, 0.15) is 5.75 Å². The van der Waals surface area contributed by atoms with E-state index in [0.717, 1.165) is 0 Å². The largest absolute Gasteiger partial charge is 0.493 e. The molecule has 0 aliphatic carbocycles. The van der Waals surface area contributed by atoms with Gasteiger partial charge in [-0.2, -0.15) is 0 Å². The molecular formula is C28H28Cl2N2O4S. The lowest BCUT2D eigenvalue weighted by Gasteiger charge is -2.26. The molecule has 1 amide bonds. The van der Waals surface area contributed by atoms with Crippen molar-refractivity contribution in [2.75, 3.05) is 18.1 Å². The van der Waals surface area contributed by atoms with E-state index in [1.807, 2.05) is 13.8 Å². The lowest BCUT2D eigenvalue weighted by atomic mass is 10.1. The second kappa shape index (κ2) is 13.4. The number of amides is 1. The third-order valence-corrected chi connectivity index (χ3v) is 6.24. The molecule has 3 aromatic carbocycles. The monoisotopic (exact) mass is 558 g/mol. The summed E-state index contributed by atoms with van der Waals surface area (Å²) < 4.78 is 10.8. The molecule has 0 bridgehead atoms. The summed E-state index contributed by atoms with van der Waals surface area (Å²) in [6.07, 6.45) is 0. The Balaban J connectivity index is 1.87. The predicted molar refractivity (Wildman–Crippen MR) is 152 cm³/mol. The van der Waals surface area contributed by atoms with Crippen LogP contribution in [0.3, 0.4) is 0 Å². The van der Waals surface area contributed by atoms with Crippen molar-refractivity contribution in [2.45, 2.75) is 27.3 Å². The molecule has 3 rings (SSSR count). The van der Waals surface area contributed by atoms with Crippen LogP contribution in [-0.4, -0.2) is 30.2 Å². The summed E-state index contributed by atoms with van der Waals surface area (Å²) in [5.74, 6) is 0.135. The first-order chi connectivity index (χ1) is 17.7. The van der Waals surface area contributed by atoms with Crippen molar-refractivity contribution < 1.29 is 19.1 Å². The van der Waals surface area contributed by atoms with E-state index in [9.17, 15) is 9.59 Å². The van der Waals surface area contributed by atoms with Crippen LogP contribution in [-0.2, 0) is 11.3 Å². The number of hydrogen-bond acceptors (Lipinski definition) is 5. The van der Waals surface area contributed by atoms with E-state index in [2.05, 4.69) is 5.32 Å². The van der Waals surface area contributed by atoms with E-state index in [1.165, 1.54) is 0 Å². The zero-order chi connectivity index (χ0) is 26.9. The SMILES string of the molecule is CCOC(=O)c1ccc(N(Cc2c(Cl)cccc2Cl)C(=S)NC(=O)c2cccc(OCC(C)C)c2)cc1. The van der Waals surface area contributed by atoms with Crippen LogP contribution in [0.2, 0.25) is 10.0 Å². The molecule has 0 heterocycles. The highest BCUT2D eigenvalue weighted by Crippen LogP contribution is 2.28. The minimum Gasteiger partial charge on any atom is -0.493 e. The Morgan fingerprint density at radius 3 is 2.24 bits per heavy atom. The van der Waals surface area contributed by atoms with Crippen LogP contribution < -0.4 is 15.0 Å². The van der Waals surface area contributed by atoms with Gasteiger partial charge in [0.2, 0.25) is 0 Å². The third kappa shape index (κ3) is 7.92. The van der Waals surface area contributed by atoms with Gasteiger partial charge in [-0.25, -0.2) is 4.79 Å². The summed E-state index contributed by atoms with van der Waals surface area (Å²) in [6, 6.07) is 18.8. The Hall–Kier alpha value is -3.13. The van der Waals surface area contributed by atoms with E-state index in [-0.39, 0.29) is 18.3 Å². The Labute approximate surface area is 232 Å². The van der Waals surface area contributed by atoms with Crippen molar-refractivity contribution in [3.63, 3.8) is 0 Å². The molecule has 0 saturated heterocycles. The molecular weight excluding hydrogens is 531 g/mol. The second-order valence-corrected chi connectivity index (χ2v) is 9.75. The highest BCUT2D eigenvalue weighted by molar-refractivity contribution is 7.80. The fourth-order valence-corrected chi connectivity index (χ4v) is 4.12. The van der Waals surface area contributed by atoms with Gasteiger partial charge in [0, 0.05) is 26.9 Å². The summed E-state index contributed by atoms with van der Waals surface area (Å²) in [6.45, 7) is 6.85. The van der Waals surface area contributed by atoms with Crippen molar-refractivity contribution >= 4 is 58.1 Å². The lowest BCUT2D eigenvalue weighted by Crippen LogP contribution is -2.42. The van der Waals surface area contributed by atoms with Gasteiger partial charge in [0.15, 0.2) is 5.11 Å². The number of ether oxygens (including phenoxy) is 2. The number of nitrogens with one attached hydrogen (secondary N) is 1. The average Bonchev–Trinajstić information content (AvgIpc) is 2.87. The molecule has 0 aromatic heterocycles. The van der Waals surface area contributed by atoms with Crippen molar-refractivity contribution in [1.82, 2.24) is 5.32 Å². The molecule has 0 spiro atoms. The zero-order valence-corrected chi connectivity index (χ0v) is 23.1. The fraction of sp³-hybridized carbons (Fsp3) is 0.250. The minimum absolute atomic E-state index is 0.137. The maximum Gasteiger partial charge on any atom is 0.338 e. The molecule has 3 aromatic rings. The van der Waals surface area contributed by atoms with Crippen LogP contribution in [0.1, 0.15) is 47.1 Å². The molecule has 0 radical (unpaired) electrons. The molecule has 1 N–H and O–H groups in total. The highest BCUT2D eigenvalue weighted by Gasteiger charge is 2.20. The maximum atomic E-state index is 13.1. The van der Waals surface area contributed by atoms with Gasteiger partial charge in [0.25, 0.3) is 5.91 Å². The minimum atomic E-state index is -0.426. The molecule has 0 aliphatic rings. The quantitative estimate of drug-likeness (QED) is 0.227. The first kappa shape index (κ1) is 28.4. The van der Waals surface area contributed by atoms with Gasteiger partial charge < -0.3 is 14.4 Å². The first-order valence-corrected chi connectivity index (χ1v) is 12.9. The molecule has 6 nitrogen and oxygen atoms in total. The molecule has 0 atom stereocenters. The number of rotatable bonds is 9. The Kier molecular flexibility index (Phi) is 10.3. The van der Waals surface area contributed by atoms with E-state index >= 15 is 0 Å². The van der Waals surface area contributed by atoms with Gasteiger partial charge >= 0.3 is 5.97 Å². The molecule has 37 heavy (non-hydrogen) atoms. The van der Waals surface area contributed by atoms with Crippen LogP contribution in [0.15, 0.2) is 66.7 Å². The molecule has 9 heteroatoms. The van der Waals surface area contributed by atoms with E-state index in [4.69, 9.17) is 44.9 Å². The second-order valence-electron chi connectivity index (χ2n) is 8.55. The summed E-state index contributed by atoms with van der Waals surface area (Å²) >= 11 is 18.5. The predicted octanol–water partition coefficient (Wildman–Crippen LogP) is 6.93. The van der Waals surface area contributed by atoms with E-state index in [1.54, 1.807) is 78.6 Å². The highest BCUT2D eigenvalue weighted by atomic mass is 35.5. The summed E-state index contributed by atoms with van der Waals surface area (Å²) in [7, 11) is 0. The van der Waals surface area contributed by atoms with Crippen LogP contribution in [0, 0.1) is 5.92 Å². The van der Waals surface area contributed by atoms with Crippen LogP contribution in [0.5, 0.6) is 5.75 Å². The molecule has 0 aliphatic heterocycles. The Morgan fingerprint density at radius 1 is 0.973 bits per heavy atom. The summed E-state index contributed by atoms with van der Waals surface area (Å²) in [4.78, 5) is 26.9. The lowest BCUT2D eigenvalue weighted by molar-refractivity contribution is 0.0526. The van der Waals surface area contributed by atoms with Crippen molar-refractivity contribution in [3.8, 4) is 5.75 Å². The molecule has 194 valence electrons. The average molecular weight is 560 g/mol. The third-order valence-electron chi connectivity index (χ3n) is 5.21. The Morgan fingerprint density at radius 2 is 1.62 bits per heavy atom. The molecule has 0 unspecified atom stereocenters. The topological polar surface area (TPSA) is 67.9 Å². The standard InChI is InChI=1S/C28H28Cl2N2O4S/c1-4-35-27(34)19-11-13-21(14-12-19)32(16-23-24(29)9-6-10-25(23)30)28(37)31-26(33)20-7-5-8-22(15-20)36-17-18(2)3/h5-15,18H,4,16-17H2,1-3H3,(H,31,33,37). The van der Waals surface area contributed by atoms with E-state index in [0.29, 0.717) is 50.7 Å². The van der Waals surface area contributed by atoms with Crippen molar-refractivity contribution in [3.05, 3.63) is 93.5 Å². The smallest absolute Gasteiger partial charge is 0.338 e. The van der Waals surface area contributed by atoms with E-state index < -0.39 is 11.9 Å². The normalized spacial score (nSPS) is 10.6. The number of benzene rings is 3. The number of carbonyl (C=O) groups is 2. The van der Waals surface area contributed by atoms with Gasteiger partial charge in [0.05, 0.1) is 25.3 Å². The number of thiocarbonyl (C=S) groups is 1.